The standard InChI is InChI=1S/C16H17ClF2N4O3/c1-26-11-4-2-3-10(15(11)17)7-14(24)21-5-6-22-13(9-21)20-23(16(22)25)8-12(18)19/h2-4,12H,5-9H2,1H3. The number of alkyl halides is 2. The molecule has 1 aliphatic rings. The van der Waals surface area contributed by atoms with Crippen LogP contribution in [0.5, 0.6) is 5.75 Å². The average Bonchev–Trinajstić information content (AvgIpc) is 2.91. The van der Waals surface area contributed by atoms with Gasteiger partial charge in [0.2, 0.25) is 5.91 Å². The summed E-state index contributed by atoms with van der Waals surface area (Å²) in [6.07, 6.45) is -2.60. The van der Waals surface area contributed by atoms with Gasteiger partial charge in [-0.3, -0.25) is 9.36 Å². The molecule has 0 spiro atoms. The van der Waals surface area contributed by atoms with Gasteiger partial charge in [0.25, 0.3) is 6.43 Å². The highest BCUT2D eigenvalue weighted by atomic mass is 35.5. The third-order valence-corrected chi connectivity index (χ3v) is 4.62. The van der Waals surface area contributed by atoms with E-state index in [0.717, 1.165) is 4.68 Å². The first kappa shape index (κ1) is 18.4. The maximum Gasteiger partial charge on any atom is 0.346 e. The van der Waals surface area contributed by atoms with Crippen molar-refractivity contribution < 1.29 is 18.3 Å². The summed E-state index contributed by atoms with van der Waals surface area (Å²) in [5.74, 6) is 0.587. The lowest BCUT2D eigenvalue weighted by Crippen LogP contribution is -2.41. The van der Waals surface area contributed by atoms with Crippen LogP contribution in [0, 0.1) is 0 Å². The van der Waals surface area contributed by atoms with E-state index in [1.54, 1.807) is 18.2 Å². The number of benzene rings is 1. The highest BCUT2D eigenvalue weighted by Gasteiger charge is 2.26. The smallest absolute Gasteiger partial charge is 0.346 e. The molecule has 0 N–H and O–H groups in total. The molecule has 0 fully saturated rings. The zero-order chi connectivity index (χ0) is 18.8. The van der Waals surface area contributed by atoms with Gasteiger partial charge in [-0.2, -0.15) is 5.10 Å². The van der Waals surface area contributed by atoms with Crippen molar-refractivity contribution in [2.75, 3.05) is 13.7 Å². The molecule has 2 heterocycles. The number of amides is 1. The molecular weight excluding hydrogens is 370 g/mol. The van der Waals surface area contributed by atoms with Crippen LogP contribution in [0.4, 0.5) is 8.78 Å². The third-order valence-electron chi connectivity index (χ3n) is 4.19. The molecule has 2 aromatic rings. The Labute approximate surface area is 152 Å². The number of carbonyl (C=O) groups is 1. The van der Waals surface area contributed by atoms with Gasteiger partial charge in [0.1, 0.15) is 12.3 Å². The van der Waals surface area contributed by atoms with Gasteiger partial charge in [0.05, 0.1) is 25.1 Å². The number of carbonyl (C=O) groups excluding carboxylic acids is 1. The first-order valence-corrected chi connectivity index (χ1v) is 8.32. The van der Waals surface area contributed by atoms with Gasteiger partial charge in [0, 0.05) is 13.1 Å². The van der Waals surface area contributed by atoms with E-state index in [9.17, 15) is 18.4 Å². The Morgan fingerprint density at radius 1 is 1.38 bits per heavy atom. The minimum atomic E-state index is -2.67. The first-order chi connectivity index (χ1) is 12.4. The summed E-state index contributed by atoms with van der Waals surface area (Å²) < 4.78 is 32.2. The van der Waals surface area contributed by atoms with E-state index < -0.39 is 18.7 Å². The molecule has 1 aromatic heterocycles. The van der Waals surface area contributed by atoms with Crippen molar-refractivity contribution in [2.45, 2.75) is 32.5 Å². The fourth-order valence-corrected chi connectivity index (χ4v) is 3.16. The van der Waals surface area contributed by atoms with Crippen molar-refractivity contribution in [3.63, 3.8) is 0 Å². The quantitative estimate of drug-likeness (QED) is 0.782. The number of aromatic nitrogens is 3. The minimum absolute atomic E-state index is 0.0675. The zero-order valence-electron chi connectivity index (χ0n) is 14.0. The zero-order valence-corrected chi connectivity index (χ0v) is 14.7. The number of hydrogen-bond donors (Lipinski definition) is 0. The number of nitrogens with zero attached hydrogens (tertiary/aromatic N) is 4. The van der Waals surface area contributed by atoms with E-state index in [4.69, 9.17) is 16.3 Å². The summed E-state index contributed by atoms with van der Waals surface area (Å²) in [5, 5.41) is 4.30. The number of ether oxygens (including phenoxy) is 1. The van der Waals surface area contributed by atoms with Gasteiger partial charge in [-0.05, 0) is 11.6 Å². The Hall–Kier alpha value is -2.42. The van der Waals surface area contributed by atoms with Gasteiger partial charge in [-0.15, -0.1) is 0 Å². The van der Waals surface area contributed by atoms with E-state index in [2.05, 4.69) is 5.10 Å². The molecule has 3 rings (SSSR count). The predicted octanol–water partition coefficient (Wildman–Crippen LogP) is 1.56. The number of hydrogen-bond acceptors (Lipinski definition) is 4. The molecule has 1 aromatic carbocycles. The van der Waals surface area contributed by atoms with Crippen molar-refractivity contribution in [3.8, 4) is 5.75 Å². The Kier molecular flexibility index (Phi) is 5.26. The molecule has 26 heavy (non-hydrogen) atoms. The fourth-order valence-electron chi connectivity index (χ4n) is 2.89. The van der Waals surface area contributed by atoms with Crippen LogP contribution in [-0.2, 0) is 30.8 Å². The second kappa shape index (κ2) is 7.45. The Balaban J connectivity index is 1.74. The molecule has 140 valence electrons. The molecule has 10 heteroatoms. The Morgan fingerprint density at radius 2 is 2.15 bits per heavy atom. The molecule has 0 atom stereocenters. The van der Waals surface area contributed by atoms with E-state index in [0.29, 0.717) is 28.7 Å². The summed E-state index contributed by atoms with van der Waals surface area (Å²) in [7, 11) is 1.49. The molecular formula is C16H17ClF2N4O3. The molecule has 1 amide bonds. The lowest BCUT2D eigenvalue weighted by Gasteiger charge is -2.27. The van der Waals surface area contributed by atoms with Crippen LogP contribution in [0.25, 0.3) is 0 Å². The molecule has 1 aliphatic heterocycles. The molecule has 0 aliphatic carbocycles. The highest BCUT2D eigenvalue weighted by molar-refractivity contribution is 6.33. The summed E-state index contributed by atoms with van der Waals surface area (Å²) in [6, 6.07) is 5.18. The summed E-state index contributed by atoms with van der Waals surface area (Å²) in [6.45, 7) is -0.152. The highest BCUT2D eigenvalue weighted by Crippen LogP contribution is 2.28. The predicted molar refractivity (Wildman–Crippen MR) is 89.6 cm³/mol. The van der Waals surface area contributed by atoms with Crippen LogP contribution < -0.4 is 10.4 Å². The lowest BCUT2D eigenvalue weighted by atomic mass is 10.1. The normalized spacial score (nSPS) is 13.8. The second-order valence-corrected chi connectivity index (χ2v) is 6.23. The topological polar surface area (TPSA) is 69.4 Å². The van der Waals surface area contributed by atoms with Crippen molar-refractivity contribution in [1.82, 2.24) is 19.2 Å². The van der Waals surface area contributed by atoms with Gasteiger partial charge < -0.3 is 9.64 Å². The van der Waals surface area contributed by atoms with Crippen molar-refractivity contribution in [1.29, 1.82) is 0 Å². The Bertz CT molecular complexity index is 881. The average molecular weight is 387 g/mol. The van der Waals surface area contributed by atoms with Crippen molar-refractivity contribution >= 4 is 17.5 Å². The lowest BCUT2D eigenvalue weighted by molar-refractivity contribution is -0.132. The summed E-state index contributed by atoms with van der Waals surface area (Å²) in [4.78, 5) is 26.1. The van der Waals surface area contributed by atoms with E-state index in [-0.39, 0.29) is 25.4 Å². The third kappa shape index (κ3) is 3.57. The van der Waals surface area contributed by atoms with Gasteiger partial charge in [-0.1, -0.05) is 23.7 Å². The SMILES string of the molecule is COc1cccc(CC(=O)N2CCn3c(nn(CC(F)F)c3=O)C2)c1Cl. The largest absolute Gasteiger partial charge is 0.495 e. The molecule has 7 nitrogen and oxygen atoms in total. The monoisotopic (exact) mass is 386 g/mol. The molecule has 0 bridgehead atoms. The maximum absolute atomic E-state index is 12.6. The summed E-state index contributed by atoms with van der Waals surface area (Å²) >= 11 is 6.22. The number of halogens is 3. The summed E-state index contributed by atoms with van der Waals surface area (Å²) in [5.41, 5.74) is 0.0467. The van der Waals surface area contributed by atoms with Gasteiger partial charge in [0.15, 0.2) is 5.82 Å². The minimum Gasteiger partial charge on any atom is -0.495 e. The molecule has 0 saturated carbocycles. The van der Waals surface area contributed by atoms with Crippen LogP contribution >= 0.6 is 11.6 Å². The van der Waals surface area contributed by atoms with Crippen molar-refractivity contribution in [3.05, 3.63) is 45.1 Å². The van der Waals surface area contributed by atoms with E-state index >= 15 is 0 Å². The van der Waals surface area contributed by atoms with E-state index in [1.807, 2.05) is 0 Å². The maximum atomic E-state index is 12.6. The number of methoxy groups -OCH3 is 1. The Morgan fingerprint density at radius 3 is 2.85 bits per heavy atom. The number of fused-ring (bicyclic) bond motifs is 1. The first-order valence-electron chi connectivity index (χ1n) is 7.94. The van der Waals surface area contributed by atoms with Crippen LogP contribution in [0.2, 0.25) is 5.02 Å². The molecule has 0 radical (unpaired) electrons. The van der Waals surface area contributed by atoms with Gasteiger partial charge in [-0.25, -0.2) is 18.3 Å². The van der Waals surface area contributed by atoms with Crippen LogP contribution in [0.1, 0.15) is 11.4 Å². The number of rotatable bonds is 5. The van der Waals surface area contributed by atoms with Crippen LogP contribution in [-0.4, -0.2) is 45.2 Å². The van der Waals surface area contributed by atoms with Gasteiger partial charge >= 0.3 is 5.69 Å². The van der Waals surface area contributed by atoms with Crippen molar-refractivity contribution in [2.24, 2.45) is 0 Å². The van der Waals surface area contributed by atoms with Crippen LogP contribution in [0.3, 0.4) is 0 Å². The second-order valence-electron chi connectivity index (χ2n) is 5.85. The van der Waals surface area contributed by atoms with Crippen LogP contribution in [0.15, 0.2) is 23.0 Å². The fraction of sp³-hybridized carbons (Fsp3) is 0.438. The van der Waals surface area contributed by atoms with E-state index in [1.165, 1.54) is 16.6 Å². The molecule has 0 unspecified atom stereocenters. The molecule has 0 saturated heterocycles.